The highest BCUT2D eigenvalue weighted by Crippen LogP contribution is 2.24. The summed E-state index contributed by atoms with van der Waals surface area (Å²) in [6, 6.07) is 21.4. The second-order valence-corrected chi connectivity index (χ2v) is 10.9. The van der Waals surface area contributed by atoms with Crippen molar-refractivity contribution >= 4 is 28.4 Å². The van der Waals surface area contributed by atoms with Crippen LogP contribution in [0.4, 0.5) is 17.3 Å². The molecule has 0 atom stereocenters. The van der Waals surface area contributed by atoms with Crippen molar-refractivity contribution in [3.8, 4) is 23.0 Å². The van der Waals surface area contributed by atoms with Gasteiger partial charge in [-0.15, -0.1) is 0 Å². The number of hydrogen-bond donors (Lipinski definition) is 1. The third-order valence-electron chi connectivity index (χ3n) is 7.94. The molecule has 1 saturated heterocycles. The van der Waals surface area contributed by atoms with Crippen molar-refractivity contribution in [3.63, 3.8) is 0 Å². The Bertz CT molecular complexity index is 1980. The molecular formula is C33H32N10O2. The standard InChI is InChI=1S/C33H32N10O2/c1-40-16-18-41(19-17-40)25-10-8-24(9-11-25)37-33-36-20-27-31(39-33)43(30-5-3-4-28(38-30)29-21-34-14-15-35-29)42(32(27)44)22-23-6-12-26(45-2)13-7-23/h3-15,20-21H,16-19,22H2,1-2H3,(H,36,37,39). The van der Waals surface area contributed by atoms with Crippen LogP contribution in [0.5, 0.6) is 5.75 Å². The van der Waals surface area contributed by atoms with E-state index in [1.54, 1.807) is 41.3 Å². The van der Waals surface area contributed by atoms with E-state index in [4.69, 9.17) is 14.7 Å². The van der Waals surface area contributed by atoms with E-state index in [0.29, 0.717) is 34.2 Å². The summed E-state index contributed by atoms with van der Waals surface area (Å²) in [6.45, 7) is 4.38. The van der Waals surface area contributed by atoms with Crippen molar-refractivity contribution in [2.45, 2.75) is 6.54 Å². The molecule has 2 aromatic carbocycles. The minimum Gasteiger partial charge on any atom is -0.497 e. The van der Waals surface area contributed by atoms with Gasteiger partial charge in [0.2, 0.25) is 5.95 Å². The topological polar surface area (TPSA) is 119 Å². The van der Waals surface area contributed by atoms with Crippen LogP contribution in [0, 0.1) is 0 Å². The predicted molar refractivity (Wildman–Crippen MR) is 173 cm³/mol. The molecular weight excluding hydrogens is 568 g/mol. The molecule has 0 bridgehead atoms. The zero-order chi connectivity index (χ0) is 30.8. The number of fused-ring (bicyclic) bond motifs is 1. The fourth-order valence-corrected chi connectivity index (χ4v) is 5.43. The van der Waals surface area contributed by atoms with Gasteiger partial charge in [0.1, 0.15) is 16.8 Å². The van der Waals surface area contributed by atoms with Crippen molar-refractivity contribution in [2.24, 2.45) is 0 Å². The molecule has 0 amide bonds. The second-order valence-electron chi connectivity index (χ2n) is 10.9. The maximum atomic E-state index is 13.8. The summed E-state index contributed by atoms with van der Waals surface area (Å²) in [5.41, 5.74) is 4.40. The van der Waals surface area contributed by atoms with Crippen LogP contribution in [0.15, 0.2) is 96.3 Å². The Kier molecular flexibility index (Phi) is 7.62. The molecule has 45 heavy (non-hydrogen) atoms. The zero-order valence-corrected chi connectivity index (χ0v) is 25.0. The van der Waals surface area contributed by atoms with E-state index >= 15 is 0 Å². The van der Waals surface area contributed by atoms with Gasteiger partial charge in [0, 0.05) is 56.1 Å². The number of pyridine rings is 1. The Labute approximate surface area is 259 Å². The zero-order valence-electron chi connectivity index (χ0n) is 25.0. The number of likely N-dealkylation sites (N-methyl/N-ethyl adjacent to an activating group) is 1. The monoisotopic (exact) mass is 600 g/mol. The van der Waals surface area contributed by atoms with Crippen molar-refractivity contribution in [3.05, 3.63) is 107 Å². The predicted octanol–water partition coefficient (Wildman–Crippen LogP) is 3.99. The number of rotatable bonds is 8. The number of nitrogens with one attached hydrogen (secondary N) is 1. The van der Waals surface area contributed by atoms with Gasteiger partial charge in [-0.2, -0.15) is 4.98 Å². The quantitative estimate of drug-likeness (QED) is 0.275. The number of hydrogen-bond acceptors (Lipinski definition) is 10. The molecule has 4 aromatic heterocycles. The number of nitrogens with zero attached hydrogens (tertiary/aromatic N) is 9. The lowest BCUT2D eigenvalue weighted by Crippen LogP contribution is -2.44. The molecule has 0 spiro atoms. The highest BCUT2D eigenvalue weighted by molar-refractivity contribution is 5.77. The average Bonchev–Trinajstić information content (AvgIpc) is 3.36. The lowest BCUT2D eigenvalue weighted by Gasteiger charge is -2.34. The maximum absolute atomic E-state index is 13.8. The second kappa shape index (κ2) is 12.2. The number of ether oxygens (including phenoxy) is 1. The number of methoxy groups -OCH3 is 1. The first-order valence-electron chi connectivity index (χ1n) is 14.7. The normalized spacial score (nSPS) is 13.7. The Morgan fingerprint density at radius 3 is 2.38 bits per heavy atom. The van der Waals surface area contributed by atoms with Crippen LogP contribution in [-0.2, 0) is 6.54 Å². The first-order valence-corrected chi connectivity index (χ1v) is 14.7. The molecule has 1 aliphatic heterocycles. The average molecular weight is 601 g/mol. The molecule has 1 N–H and O–H groups in total. The van der Waals surface area contributed by atoms with Crippen LogP contribution in [-0.4, -0.2) is 79.5 Å². The SMILES string of the molecule is COc1ccc(Cn2c(=O)c3cnc(Nc4ccc(N5CCN(C)CC5)cc4)nc3n2-c2cccc(-c3cnccn3)n2)cc1. The molecule has 0 aliphatic carbocycles. The summed E-state index contributed by atoms with van der Waals surface area (Å²) in [5.74, 6) is 1.62. The molecule has 1 aliphatic rings. The third kappa shape index (κ3) is 5.83. The van der Waals surface area contributed by atoms with E-state index < -0.39 is 0 Å². The van der Waals surface area contributed by atoms with E-state index in [0.717, 1.165) is 43.2 Å². The highest BCUT2D eigenvalue weighted by Gasteiger charge is 2.20. The first-order chi connectivity index (χ1) is 22.1. The Morgan fingerprint density at radius 2 is 1.64 bits per heavy atom. The van der Waals surface area contributed by atoms with Gasteiger partial charge in [-0.3, -0.25) is 14.8 Å². The van der Waals surface area contributed by atoms with Crippen molar-refractivity contribution in [1.82, 2.24) is 39.2 Å². The number of anilines is 3. The molecule has 5 heterocycles. The molecule has 0 saturated carbocycles. The van der Waals surface area contributed by atoms with E-state index in [-0.39, 0.29) is 12.1 Å². The molecule has 6 aromatic rings. The minimum atomic E-state index is -0.226. The highest BCUT2D eigenvalue weighted by atomic mass is 16.5. The van der Waals surface area contributed by atoms with Gasteiger partial charge in [0.25, 0.3) is 5.56 Å². The van der Waals surface area contributed by atoms with Gasteiger partial charge in [-0.05, 0) is 61.1 Å². The summed E-state index contributed by atoms with van der Waals surface area (Å²) >= 11 is 0. The molecule has 7 rings (SSSR count). The number of piperazine rings is 1. The van der Waals surface area contributed by atoms with Gasteiger partial charge in [0.05, 0.1) is 25.5 Å². The molecule has 12 nitrogen and oxygen atoms in total. The van der Waals surface area contributed by atoms with Crippen LogP contribution in [0.1, 0.15) is 5.56 Å². The fraction of sp³-hybridized carbons (Fsp3) is 0.212. The van der Waals surface area contributed by atoms with Crippen LogP contribution in [0.2, 0.25) is 0 Å². The van der Waals surface area contributed by atoms with Crippen molar-refractivity contribution < 1.29 is 4.74 Å². The van der Waals surface area contributed by atoms with Crippen LogP contribution >= 0.6 is 0 Å². The Hall–Kier alpha value is -5.62. The summed E-state index contributed by atoms with van der Waals surface area (Å²) in [7, 11) is 3.78. The Morgan fingerprint density at radius 1 is 0.844 bits per heavy atom. The summed E-state index contributed by atoms with van der Waals surface area (Å²) in [4.78, 5) is 41.4. The number of benzene rings is 2. The van der Waals surface area contributed by atoms with Crippen molar-refractivity contribution in [1.29, 1.82) is 0 Å². The minimum absolute atomic E-state index is 0.226. The van der Waals surface area contributed by atoms with E-state index in [1.807, 2.05) is 54.6 Å². The van der Waals surface area contributed by atoms with Gasteiger partial charge in [-0.1, -0.05) is 18.2 Å². The van der Waals surface area contributed by atoms with Crippen molar-refractivity contribution in [2.75, 3.05) is 50.6 Å². The molecule has 12 heteroatoms. The fourth-order valence-electron chi connectivity index (χ4n) is 5.43. The maximum Gasteiger partial charge on any atom is 0.278 e. The third-order valence-corrected chi connectivity index (χ3v) is 7.94. The smallest absolute Gasteiger partial charge is 0.278 e. The van der Waals surface area contributed by atoms with E-state index in [9.17, 15) is 4.79 Å². The summed E-state index contributed by atoms with van der Waals surface area (Å²) in [6.07, 6.45) is 6.46. The van der Waals surface area contributed by atoms with Crippen LogP contribution in [0.3, 0.4) is 0 Å². The van der Waals surface area contributed by atoms with E-state index in [2.05, 4.69) is 49.2 Å². The van der Waals surface area contributed by atoms with Gasteiger partial charge >= 0.3 is 0 Å². The van der Waals surface area contributed by atoms with Gasteiger partial charge in [0.15, 0.2) is 11.5 Å². The summed E-state index contributed by atoms with van der Waals surface area (Å²) < 4.78 is 8.68. The number of aromatic nitrogens is 7. The first kappa shape index (κ1) is 28.2. The van der Waals surface area contributed by atoms with E-state index in [1.165, 1.54) is 5.69 Å². The molecule has 0 radical (unpaired) electrons. The molecule has 0 unspecified atom stereocenters. The lowest BCUT2D eigenvalue weighted by atomic mass is 10.2. The lowest BCUT2D eigenvalue weighted by molar-refractivity contribution is 0.313. The largest absolute Gasteiger partial charge is 0.497 e. The van der Waals surface area contributed by atoms with Crippen LogP contribution in [0.25, 0.3) is 28.2 Å². The molecule has 1 fully saturated rings. The summed E-state index contributed by atoms with van der Waals surface area (Å²) in [5, 5.41) is 3.69. The van der Waals surface area contributed by atoms with Gasteiger partial charge in [-0.25, -0.2) is 19.3 Å². The Balaban J connectivity index is 1.27. The van der Waals surface area contributed by atoms with Crippen LogP contribution < -0.4 is 20.5 Å². The van der Waals surface area contributed by atoms with Gasteiger partial charge < -0.3 is 19.9 Å². The molecule has 226 valence electrons.